The molecule has 0 aromatic heterocycles. The number of hydrogen-bond acceptors (Lipinski definition) is 1. The molecule has 1 spiro atoms. The molecule has 2 heteroatoms. The molecule has 0 atom stereocenters. The summed E-state index contributed by atoms with van der Waals surface area (Å²) in [6, 6.07) is 48.9. The first-order valence-electron chi connectivity index (χ1n) is 13.5. The summed E-state index contributed by atoms with van der Waals surface area (Å²) in [7, 11) is 0. The van der Waals surface area contributed by atoms with Gasteiger partial charge in [-0.15, -0.1) is 0 Å². The van der Waals surface area contributed by atoms with Gasteiger partial charge in [-0.05, 0) is 62.7 Å². The van der Waals surface area contributed by atoms with Crippen LogP contribution in [-0.2, 0) is 5.41 Å². The minimum Gasteiger partial charge on any atom is -0.457 e. The fourth-order valence-corrected chi connectivity index (χ4v) is 6.69. The summed E-state index contributed by atoms with van der Waals surface area (Å²) in [6.07, 6.45) is 0. The van der Waals surface area contributed by atoms with Crippen LogP contribution in [0.5, 0.6) is 11.5 Å². The van der Waals surface area contributed by atoms with E-state index in [1.165, 1.54) is 27.8 Å². The first kappa shape index (κ1) is 22.6. The topological polar surface area (TPSA) is 13.6 Å². The number of benzene rings is 6. The number of para-hydroxylation sites is 2. The van der Waals surface area contributed by atoms with E-state index in [1.54, 1.807) is 0 Å². The molecule has 6 aromatic rings. The van der Waals surface area contributed by atoms with Crippen molar-refractivity contribution in [3.63, 3.8) is 0 Å². The van der Waals surface area contributed by atoms with Crippen molar-refractivity contribution < 1.29 is 4.74 Å². The van der Waals surface area contributed by atoms with Crippen LogP contribution in [0, 0.1) is 6.57 Å². The summed E-state index contributed by atoms with van der Waals surface area (Å²) in [5, 5.41) is 0. The lowest BCUT2D eigenvalue weighted by atomic mass is 9.66. The van der Waals surface area contributed by atoms with E-state index in [9.17, 15) is 0 Å². The Balaban J connectivity index is 1.35. The Kier molecular flexibility index (Phi) is 4.83. The van der Waals surface area contributed by atoms with Gasteiger partial charge in [-0.1, -0.05) is 121 Å². The molecule has 1 aliphatic heterocycles. The molecule has 0 bridgehead atoms. The van der Waals surface area contributed by atoms with Crippen LogP contribution >= 0.6 is 0 Å². The molecule has 2 aliphatic rings. The van der Waals surface area contributed by atoms with Crippen LogP contribution in [0.15, 0.2) is 140 Å². The van der Waals surface area contributed by atoms with E-state index in [0.29, 0.717) is 5.69 Å². The highest BCUT2D eigenvalue weighted by atomic mass is 16.5. The van der Waals surface area contributed by atoms with E-state index in [1.807, 2.05) is 30.3 Å². The zero-order valence-electron chi connectivity index (χ0n) is 21.6. The lowest BCUT2D eigenvalue weighted by Crippen LogP contribution is -2.32. The number of nitrogens with zero attached hydrogens (tertiary/aromatic N) is 1. The summed E-state index contributed by atoms with van der Waals surface area (Å²) < 4.78 is 6.56. The zero-order chi connectivity index (χ0) is 26.7. The van der Waals surface area contributed by atoms with E-state index in [4.69, 9.17) is 11.3 Å². The maximum absolute atomic E-state index is 7.55. The molecule has 0 saturated heterocycles. The molecule has 0 radical (unpaired) electrons. The van der Waals surface area contributed by atoms with Gasteiger partial charge in [-0.3, -0.25) is 0 Å². The highest BCUT2D eigenvalue weighted by molar-refractivity contribution is 5.89. The monoisotopic (exact) mass is 509 g/mol. The number of fused-ring (bicyclic) bond motifs is 9. The third kappa shape index (κ3) is 3.04. The van der Waals surface area contributed by atoms with Gasteiger partial charge in [0, 0.05) is 11.1 Å². The molecular weight excluding hydrogens is 486 g/mol. The van der Waals surface area contributed by atoms with Crippen LogP contribution in [0.25, 0.3) is 38.2 Å². The quantitative estimate of drug-likeness (QED) is 0.211. The Labute approximate surface area is 233 Å². The van der Waals surface area contributed by atoms with Crippen LogP contribution < -0.4 is 4.74 Å². The Bertz CT molecular complexity index is 1950. The SMILES string of the molecule is [C-]#[N+]c1ccccc1-c1ccc(-c2ccc3c(c2)C2(c4ccccc4O3)c3ccccc3-c3ccccc32)cc1. The normalized spacial score (nSPS) is 13.4. The first-order valence-corrected chi connectivity index (χ1v) is 13.5. The predicted octanol–water partition coefficient (Wildman–Crippen LogP) is 10.0. The molecule has 8 rings (SSSR count). The molecule has 6 aromatic carbocycles. The van der Waals surface area contributed by atoms with Crippen LogP contribution in [-0.4, -0.2) is 0 Å². The molecule has 1 heterocycles. The van der Waals surface area contributed by atoms with Crippen LogP contribution in [0.3, 0.4) is 0 Å². The summed E-state index contributed by atoms with van der Waals surface area (Å²) in [4.78, 5) is 3.71. The Morgan fingerprint density at radius 1 is 0.450 bits per heavy atom. The Morgan fingerprint density at radius 3 is 1.68 bits per heavy atom. The lowest BCUT2D eigenvalue weighted by Gasteiger charge is -2.39. The summed E-state index contributed by atoms with van der Waals surface area (Å²) in [5.41, 5.74) is 11.9. The van der Waals surface area contributed by atoms with Gasteiger partial charge in [0.25, 0.3) is 0 Å². The molecular formula is C38H23NO. The van der Waals surface area contributed by atoms with Crippen molar-refractivity contribution in [2.45, 2.75) is 5.41 Å². The maximum Gasteiger partial charge on any atom is 0.194 e. The average Bonchev–Trinajstić information content (AvgIpc) is 3.32. The molecule has 0 unspecified atom stereocenters. The van der Waals surface area contributed by atoms with E-state index in [-0.39, 0.29) is 0 Å². The molecule has 0 fully saturated rings. The number of ether oxygens (including phenoxy) is 1. The van der Waals surface area contributed by atoms with Crippen molar-refractivity contribution in [2.24, 2.45) is 0 Å². The van der Waals surface area contributed by atoms with Crippen molar-refractivity contribution in [3.8, 4) is 44.9 Å². The van der Waals surface area contributed by atoms with Crippen molar-refractivity contribution >= 4 is 5.69 Å². The van der Waals surface area contributed by atoms with E-state index >= 15 is 0 Å². The molecule has 2 nitrogen and oxygen atoms in total. The second kappa shape index (κ2) is 8.56. The van der Waals surface area contributed by atoms with Crippen LogP contribution in [0.2, 0.25) is 0 Å². The molecule has 1 aliphatic carbocycles. The maximum atomic E-state index is 7.55. The molecule has 0 N–H and O–H groups in total. The van der Waals surface area contributed by atoms with Gasteiger partial charge in [-0.25, -0.2) is 4.85 Å². The highest BCUT2D eigenvalue weighted by Crippen LogP contribution is 2.62. The smallest absolute Gasteiger partial charge is 0.194 e. The largest absolute Gasteiger partial charge is 0.457 e. The van der Waals surface area contributed by atoms with Crippen LogP contribution in [0.4, 0.5) is 5.69 Å². The molecule has 186 valence electrons. The second-order valence-electron chi connectivity index (χ2n) is 10.4. The van der Waals surface area contributed by atoms with Gasteiger partial charge >= 0.3 is 0 Å². The Morgan fingerprint density at radius 2 is 0.975 bits per heavy atom. The van der Waals surface area contributed by atoms with Gasteiger partial charge in [0.05, 0.1) is 12.0 Å². The second-order valence-corrected chi connectivity index (χ2v) is 10.4. The van der Waals surface area contributed by atoms with Gasteiger partial charge in [0.1, 0.15) is 11.5 Å². The lowest BCUT2D eigenvalue weighted by molar-refractivity contribution is 0.436. The van der Waals surface area contributed by atoms with Crippen molar-refractivity contribution in [1.29, 1.82) is 0 Å². The number of rotatable bonds is 2. The molecule has 0 saturated carbocycles. The van der Waals surface area contributed by atoms with Gasteiger partial charge in [0.15, 0.2) is 5.69 Å². The highest BCUT2D eigenvalue weighted by Gasteiger charge is 2.50. The van der Waals surface area contributed by atoms with E-state index < -0.39 is 5.41 Å². The summed E-state index contributed by atoms with van der Waals surface area (Å²) >= 11 is 0. The number of hydrogen-bond donors (Lipinski definition) is 0. The summed E-state index contributed by atoms with van der Waals surface area (Å²) in [5.74, 6) is 1.79. The van der Waals surface area contributed by atoms with Gasteiger partial charge in [-0.2, -0.15) is 0 Å². The first-order chi connectivity index (χ1) is 19.8. The summed E-state index contributed by atoms with van der Waals surface area (Å²) in [6.45, 7) is 7.55. The van der Waals surface area contributed by atoms with E-state index in [2.05, 4.69) is 114 Å². The third-order valence-electron chi connectivity index (χ3n) is 8.40. The minimum absolute atomic E-state index is 0.470. The van der Waals surface area contributed by atoms with Crippen LogP contribution in [0.1, 0.15) is 22.3 Å². The van der Waals surface area contributed by atoms with Crippen molar-refractivity contribution in [3.05, 3.63) is 173 Å². The van der Waals surface area contributed by atoms with Gasteiger partial charge in [0.2, 0.25) is 0 Å². The average molecular weight is 510 g/mol. The van der Waals surface area contributed by atoms with Crippen molar-refractivity contribution in [1.82, 2.24) is 0 Å². The van der Waals surface area contributed by atoms with Crippen molar-refractivity contribution in [2.75, 3.05) is 0 Å². The Hall–Kier alpha value is -5.39. The fourth-order valence-electron chi connectivity index (χ4n) is 6.69. The minimum atomic E-state index is -0.470. The standard InChI is InChI=1S/C38H23NO/c1-39-35-16-8-4-10-28(35)26-20-18-25(19-21-26)27-22-23-37-34(24-27)38(33-15-7-9-17-36(33)40-37)31-13-5-2-11-29(31)30-12-3-6-14-32(30)38/h2-24H. The third-order valence-corrected chi connectivity index (χ3v) is 8.40. The van der Waals surface area contributed by atoms with Gasteiger partial charge < -0.3 is 4.74 Å². The molecule has 40 heavy (non-hydrogen) atoms. The fraction of sp³-hybridized carbons (Fsp3) is 0.0263. The van der Waals surface area contributed by atoms with E-state index in [0.717, 1.165) is 39.3 Å². The predicted molar refractivity (Wildman–Crippen MR) is 161 cm³/mol. The molecule has 0 amide bonds. The zero-order valence-corrected chi connectivity index (χ0v) is 21.6.